The summed E-state index contributed by atoms with van der Waals surface area (Å²) in [6, 6.07) is 7.96. The Hall–Kier alpha value is -3.61. The molecule has 0 fully saturated rings. The molecule has 0 unspecified atom stereocenters. The van der Waals surface area contributed by atoms with E-state index in [0.717, 1.165) is 17.1 Å². The van der Waals surface area contributed by atoms with Gasteiger partial charge in [-0.2, -0.15) is 0 Å². The number of pyridine rings is 1. The van der Waals surface area contributed by atoms with E-state index >= 15 is 0 Å². The van der Waals surface area contributed by atoms with Crippen LogP contribution in [0.5, 0.6) is 0 Å². The van der Waals surface area contributed by atoms with Crippen LogP contribution in [-0.4, -0.2) is 34.9 Å². The molecule has 0 N–H and O–H groups in total. The molecule has 216 valence electrons. The van der Waals surface area contributed by atoms with Crippen LogP contribution in [-0.2, 0) is 21.7 Å². The van der Waals surface area contributed by atoms with E-state index in [1.54, 1.807) is 37.4 Å². The van der Waals surface area contributed by atoms with Crippen LogP contribution in [0.4, 0.5) is 0 Å². The predicted octanol–water partition coefficient (Wildman–Crippen LogP) is 7.70. The number of nitrogens with zero attached hydrogens (tertiary/aromatic N) is 7. The Morgan fingerprint density at radius 2 is 0.950 bits per heavy atom. The van der Waals surface area contributed by atoms with Crippen molar-refractivity contribution in [2.45, 2.75) is 105 Å². The Bertz CT molecular complexity index is 989. The van der Waals surface area contributed by atoms with Crippen LogP contribution in [0.1, 0.15) is 106 Å². The summed E-state index contributed by atoms with van der Waals surface area (Å²) < 4.78 is 0. The van der Waals surface area contributed by atoms with Crippen molar-refractivity contribution >= 4 is 0 Å². The molecule has 4 heterocycles. The van der Waals surface area contributed by atoms with Gasteiger partial charge in [-0.15, -0.1) is 0 Å². The van der Waals surface area contributed by atoms with Gasteiger partial charge in [-0.3, -0.25) is 15.0 Å². The van der Waals surface area contributed by atoms with Gasteiger partial charge in [-0.05, 0) is 29.2 Å². The summed E-state index contributed by atoms with van der Waals surface area (Å²) in [4.78, 5) is 28.3. The monoisotopic (exact) mass is 543 g/mol. The molecule has 0 aliphatic rings. The zero-order chi connectivity index (χ0) is 30.5. The summed E-state index contributed by atoms with van der Waals surface area (Å²) in [5.41, 5.74) is 5.06. The van der Waals surface area contributed by atoms with Gasteiger partial charge >= 0.3 is 0 Å². The first kappa shape index (κ1) is 34.4. The second kappa shape index (κ2) is 15.2. The fourth-order valence-corrected chi connectivity index (χ4v) is 2.91. The first-order valence-corrected chi connectivity index (χ1v) is 13.6. The quantitative estimate of drug-likeness (QED) is 0.224. The molecular formula is C33H49N7. The number of hydrogen-bond acceptors (Lipinski definition) is 7. The molecule has 7 nitrogen and oxygen atoms in total. The third-order valence-electron chi connectivity index (χ3n) is 5.54. The molecule has 4 rings (SSSR count). The van der Waals surface area contributed by atoms with Crippen molar-refractivity contribution in [3.8, 4) is 0 Å². The minimum Gasteiger partial charge on any atom is -0.261 e. The Kier molecular flexibility index (Phi) is 13.1. The normalized spacial score (nSPS) is 11.5. The molecular weight excluding hydrogens is 494 g/mol. The second-order valence-corrected chi connectivity index (χ2v) is 13.5. The highest BCUT2D eigenvalue weighted by Gasteiger charge is 2.15. The van der Waals surface area contributed by atoms with Gasteiger partial charge in [-0.1, -0.05) is 89.2 Å². The van der Waals surface area contributed by atoms with Crippen molar-refractivity contribution < 1.29 is 0 Å². The maximum Gasteiger partial charge on any atom is 0.115 e. The predicted molar refractivity (Wildman–Crippen MR) is 165 cm³/mol. The lowest BCUT2D eigenvalue weighted by Gasteiger charge is -2.16. The highest BCUT2D eigenvalue weighted by atomic mass is 14.8. The average molecular weight is 544 g/mol. The molecule has 0 radical (unpaired) electrons. The van der Waals surface area contributed by atoms with Crippen molar-refractivity contribution in [2.75, 3.05) is 0 Å². The van der Waals surface area contributed by atoms with Crippen LogP contribution in [0, 0.1) is 0 Å². The molecule has 4 aromatic heterocycles. The summed E-state index contributed by atoms with van der Waals surface area (Å²) >= 11 is 0. The van der Waals surface area contributed by atoms with E-state index in [2.05, 4.69) is 124 Å². The topological polar surface area (TPSA) is 90.2 Å². The van der Waals surface area contributed by atoms with Gasteiger partial charge in [0, 0.05) is 71.0 Å². The fraction of sp³-hybridized carbons (Fsp3) is 0.485. The minimum absolute atomic E-state index is 0.119. The van der Waals surface area contributed by atoms with Crippen LogP contribution in [0.25, 0.3) is 0 Å². The maximum absolute atomic E-state index is 4.25. The highest BCUT2D eigenvalue weighted by molar-refractivity contribution is 5.14. The average Bonchev–Trinajstić information content (AvgIpc) is 2.90. The van der Waals surface area contributed by atoms with Gasteiger partial charge in [0.25, 0.3) is 0 Å². The van der Waals surface area contributed by atoms with Gasteiger partial charge in [0.1, 0.15) is 12.7 Å². The van der Waals surface area contributed by atoms with Crippen LogP contribution in [0.15, 0.2) is 80.3 Å². The summed E-state index contributed by atoms with van der Waals surface area (Å²) in [5, 5.41) is 0. The van der Waals surface area contributed by atoms with Gasteiger partial charge in [-0.25, -0.2) is 19.9 Å². The lowest BCUT2D eigenvalue weighted by Crippen LogP contribution is -2.13. The van der Waals surface area contributed by atoms with Crippen molar-refractivity contribution in [2.24, 2.45) is 0 Å². The van der Waals surface area contributed by atoms with Gasteiger partial charge in [0.05, 0.1) is 5.69 Å². The zero-order valence-electron chi connectivity index (χ0n) is 26.6. The number of rotatable bonds is 0. The summed E-state index contributed by atoms with van der Waals surface area (Å²) in [5.74, 6) is 0. The zero-order valence-corrected chi connectivity index (χ0v) is 26.6. The first-order chi connectivity index (χ1) is 18.4. The van der Waals surface area contributed by atoms with Crippen molar-refractivity contribution in [3.05, 3.63) is 103 Å². The summed E-state index contributed by atoms with van der Waals surface area (Å²) in [6.07, 6.45) is 15.7. The SMILES string of the molecule is CC(C)(C)c1ccccn1.CC(C)(C)c1ccncn1.CC(C)(C)c1cnccn1.CC(C)(C)c1cncnc1. The third-order valence-corrected chi connectivity index (χ3v) is 5.54. The number of aromatic nitrogens is 7. The molecule has 0 amide bonds. The van der Waals surface area contributed by atoms with E-state index < -0.39 is 0 Å². The standard InChI is InChI=1S/C9H13N.3C8H12N2/c1-9(2,3)8-6-4-5-7-10-8;1-8(2,3)7-4-9-6-10-5-7;1-8(2,3)7-6-9-4-5-10-7;1-8(2,3)7-4-5-9-6-10-7/h4-7H,1-3H3;3*4-6H,1-3H3. The Balaban J connectivity index is 0.000000267. The van der Waals surface area contributed by atoms with E-state index in [0.29, 0.717) is 0 Å². The van der Waals surface area contributed by atoms with Crippen LogP contribution in [0.3, 0.4) is 0 Å². The van der Waals surface area contributed by atoms with E-state index in [4.69, 9.17) is 0 Å². The maximum atomic E-state index is 4.25. The lowest BCUT2D eigenvalue weighted by molar-refractivity contribution is 0.565. The van der Waals surface area contributed by atoms with E-state index in [9.17, 15) is 0 Å². The van der Waals surface area contributed by atoms with Gasteiger partial charge in [0.15, 0.2) is 0 Å². The summed E-state index contributed by atoms with van der Waals surface area (Å²) in [6.45, 7) is 25.7. The van der Waals surface area contributed by atoms with E-state index in [1.807, 2.05) is 36.8 Å². The number of hydrogen-bond donors (Lipinski definition) is 0. The van der Waals surface area contributed by atoms with Crippen LogP contribution >= 0.6 is 0 Å². The van der Waals surface area contributed by atoms with Crippen molar-refractivity contribution in [1.29, 1.82) is 0 Å². The smallest absolute Gasteiger partial charge is 0.115 e. The highest BCUT2D eigenvalue weighted by Crippen LogP contribution is 2.20. The van der Waals surface area contributed by atoms with Crippen LogP contribution in [0.2, 0.25) is 0 Å². The van der Waals surface area contributed by atoms with E-state index in [1.165, 1.54) is 5.56 Å². The molecule has 0 aliphatic carbocycles. The minimum atomic E-state index is 0.119. The molecule has 0 saturated heterocycles. The molecule has 40 heavy (non-hydrogen) atoms. The van der Waals surface area contributed by atoms with Crippen molar-refractivity contribution in [3.63, 3.8) is 0 Å². The molecule has 0 atom stereocenters. The second-order valence-electron chi connectivity index (χ2n) is 13.5. The molecule has 0 aliphatic heterocycles. The van der Waals surface area contributed by atoms with Crippen molar-refractivity contribution in [1.82, 2.24) is 34.9 Å². The Labute approximate surface area is 242 Å². The molecule has 0 saturated carbocycles. The Morgan fingerprint density at radius 3 is 1.25 bits per heavy atom. The fourth-order valence-electron chi connectivity index (χ4n) is 2.91. The third kappa shape index (κ3) is 14.0. The molecule has 0 aromatic carbocycles. The van der Waals surface area contributed by atoms with Gasteiger partial charge in [0.2, 0.25) is 0 Å². The molecule has 7 heteroatoms. The summed E-state index contributed by atoms with van der Waals surface area (Å²) in [7, 11) is 0. The van der Waals surface area contributed by atoms with Gasteiger partial charge < -0.3 is 0 Å². The molecule has 0 spiro atoms. The largest absolute Gasteiger partial charge is 0.261 e. The van der Waals surface area contributed by atoms with E-state index in [-0.39, 0.29) is 21.7 Å². The van der Waals surface area contributed by atoms with Crippen LogP contribution < -0.4 is 0 Å². The first-order valence-electron chi connectivity index (χ1n) is 13.6. The Morgan fingerprint density at radius 1 is 0.400 bits per heavy atom. The molecule has 0 bridgehead atoms. The lowest BCUT2D eigenvalue weighted by atomic mass is 9.89. The molecule has 4 aromatic rings.